The highest BCUT2D eigenvalue weighted by molar-refractivity contribution is 7.99. The van der Waals surface area contributed by atoms with Crippen molar-refractivity contribution < 1.29 is 9.53 Å². The summed E-state index contributed by atoms with van der Waals surface area (Å²) < 4.78 is 5.48. The van der Waals surface area contributed by atoms with Crippen molar-refractivity contribution in [1.29, 1.82) is 0 Å². The van der Waals surface area contributed by atoms with Crippen LogP contribution in [0.25, 0.3) is 0 Å². The first-order chi connectivity index (χ1) is 10.8. The fourth-order valence-corrected chi connectivity index (χ4v) is 4.24. The quantitative estimate of drug-likeness (QED) is 0.876. The van der Waals surface area contributed by atoms with Gasteiger partial charge in [-0.3, -0.25) is 4.79 Å². The van der Waals surface area contributed by atoms with Gasteiger partial charge in [-0.25, -0.2) is 0 Å². The van der Waals surface area contributed by atoms with Crippen LogP contribution in [-0.2, 0) is 15.3 Å². The number of benzene rings is 1. The smallest absolute Gasteiger partial charge is 0.254 e. The van der Waals surface area contributed by atoms with Crippen molar-refractivity contribution in [3.8, 4) is 0 Å². The van der Waals surface area contributed by atoms with Crippen LogP contribution in [0.15, 0.2) is 24.3 Å². The summed E-state index contributed by atoms with van der Waals surface area (Å²) in [5.74, 6) is 0.961. The normalized spacial score (nSPS) is 22.6. The number of thioether (sulfide) groups is 1. The van der Waals surface area contributed by atoms with E-state index in [1.165, 1.54) is 31.2 Å². The zero-order valence-electron chi connectivity index (χ0n) is 12.8. The molecule has 5 heteroatoms. The standard InChI is InChI=1S/C17H24N2O2S/c20-17(16-11-18-8-9-21-16)19-14-5-3-4-13(10-14)12-22-15-6-1-2-7-15/h3-5,10,15-16,18H,1-2,6-9,11-12H2,(H,19,20). The molecule has 1 amide bonds. The molecule has 0 radical (unpaired) electrons. The SMILES string of the molecule is O=C(Nc1cccc(CSC2CCCC2)c1)C1CNCCO1. The third-order valence-electron chi connectivity index (χ3n) is 4.20. The molecular formula is C17H24N2O2S. The van der Waals surface area contributed by atoms with Gasteiger partial charge in [0.1, 0.15) is 6.10 Å². The summed E-state index contributed by atoms with van der Waals surface area (Å²) in [6.07, 6.45) is 5.08. The van der Waals surface area contributed by atoms with Gasteiger partial charge < -0.3 is 15.4 Å². The Hall–Kier alpha value is -1.04. The Morgan fingerprint density at radius 3 is 3.00 bits per heavy atom. The molecule has 0 spiro atoms. The molecule has 0 bridgehead atoms. The van der Waals surface area contributed by atoms with E-state index in [2.05, 4.69) is 22.8 Å². The molecule has 120 valence electrons. The van der Waals surface area contributed by atoms with Gasteiger partial charge >= 0.3 is 0 Å². The Kier molecular flexibility index (Phi) is 5.76. The number of carbonyl (C=O) groups is 1. The van der Waals surface area contributed by atoms with Gasteiger partial charge in [-0.2, -0.15) is 11.8 Å². The number of rotatable bonds is 5. The number of nitrogens with one attached hydrogen (secondary N) is 2. The van der Waals surface area contributed by atoms with Crippen molar-refractivity contribution in [3.63, 3.8) is 0 Å². The summed E-state index contributed by atoms with van der Waals surface area (Å²) in [5, 5.41) is 6.96. The molecule has 1 aromatic carbocycles. The van der Waals surface area contributed by atoms with Crippen LogP contribution in [0.2, 0.25) is 0 Å². The molecule has 1 aromatic rings. The molecule has 1 aliphatic carbocycles. The highest BCUT2D eigenvalue weighted by Crippen LogP contribution is 2.31. The summed E-state index contributed by atoms with van der Waals surface area (Å²) in [4.78, 5) is 12.2. The first kappa shape index (κ1) is 15.8. The largest absolute Gasteiger partial charge is 0.366 e. The van der Waals surface area contributed by atoms with E-state index >= 15 is 0 Å². The third kappa shape index (κ3) is 4.48. The summed E-state index contributed by atoms with van der Waals surface area (Å²) in [5.41, 5.74) is 2.14. The predicted octanol–water partition coefficient (Wildman–Crippen LogP) is 2.79. The van der Waals surface area contributed by atoms with Crippen molar-refractivity contribution in [1.82, 2.24) is 5.32 Å². The number of ether oxygens (including phenoxy) is 1. The zero-order valence-corrected chi connectivity index (χ0v) is 13.7. The maximum atomic E-state index is 12.2. The Labute approximate surface area is 136 Å². The fourth-order valence-electron chi connectivity index (χ4n) is 2.96. The first-order valence-electron chi connectivity index (χ1n) is 8.15. The lowest BCUT2D eigenvalue weighted by Gasteiger charge is -2.22. The topological polar surface area (TPSA) is 50.4 Å². The molecule has 1 heterocycles. The molecule has 1 atom stereocenters. The molecule has 1 saturated heterocycles. The van der Waals surface area contributed by atoms with Gasteiger partial charge in [-0.1, -0.05) is 25.0 Å². The van der Waals surface area contributed by atoms with Crippen LogP contribution in [0.3, 0.4) is 0 Å². The third-order valence-corrected chi connectivity index (χ3v) is 5.65. The Morgan fingerprint density at radius 2 is 2.23 bits per heavy atom. The average molecular weight is 320 g/mol. The van der Waals surface area contributed by atoms with Crippen molar-refractivity contribution in [2.45, 2.75) is 42.8 Å². The average Bonchev–Trinajstić information content (AvgIpc) is 3.08. The number of amides is 1. The van der Waals surface area contributed by atoms with E-state index in [9.17, 15) is 4.79 Å². The van der Waals surface area contributed by atoms with Gasteiger partial charge in [0.25, 0.3) is 5.91 Å². The molecular weight excluding hydrogens is 296 g/mol. The van der Waals surface area contributed by atoms with Crippen molar-refractivity contribution >= 4 is 23.4 Å². The molecule has 1 aliphatic heterocycles. The second-order valence-electron chi connectivity index (χ2n) is 5.97. The highest BCUT2D eigenvalue weighted by Gasteiger charge is 2.21. The molecule has 4 nitrogen and oxygen atoms in total. The van der Waals surface area contributed by atoms with Crippen molar-refractivity contribution in [3.05, 3.63) is 29.8 Å². The summed E-state index contributed by atoms with van der Waals surface area (Å²) in [6.45, 7) is 2.00. The number of carbonyl (C=O) groups excluding carboxylic acids is 1. The molecule has 2 N–H and O–H groups in total. The van der Waals surface area contributed by atoms with E-state index in [1.807, 2.05) is 23.9 Å². The lowest BCUT2D eigenvalue weighted by Crippen LogP contribution is -2.45. The van der Waals surface area contributed by atoms with Gasteiger partial charge in [0, 0.05) is 29.8 Å². The van der Waals surface area contributed by atoms with Crippen molar-refractivity contribution in [2.24, 2.45) is 0 Å². The molecule has 0 aromatic heterocycles. The van der Waals surface area contributed by atoms with Gasteiger partial charge in [-0.05, 0) is 30.5 Å². The number of anilines is 1. The van der Waals surface area contributed by atoms with Gasteiger partial charge in [0.15, 0.2) is 0 Å². The lowest BCUT2D eigenvalue weighted by atomic mass is 10.2. The van der Waals surface area contributed by atoms with Crippen LogP contribution in [0.4, 0.5) is 5.69 Å². The van der Waals surface area contributed by atoms with E-state index in [4.69, 9.17) is 4.74 Å². The summed E-state index contributed by atoms with van der Waals surface area (Å²) >= 11 is 2.05. The first-order valence-corrected chi connectivity index (χ1v) is 9.20. The van der Waals surface area contributed by atoms with Crippen LogP contribution < -0.4 is 10.6 Å². The number of hydrogen-bond acceptors (Lipinski definition) is 4. The van der Waals surface area contributed by atoms with Crippen molar-refractivity contribution in [2.75, 3.05) is 25.0 Å². The second-order valence-corrected chi connectivity index (χ2v) is 7.26. The maximum absolute atomic E-state index is 12.2. The van der Waals surface area contributed by atoms with Crippen LogP contribution in [0, 0.1) is 0 Å². The molecule has 1 saturated carbocycles. The van der Waals surface area contributed by atoms with E-state index in [0.29, 0.717) is 13.2 Å². The Bertz CT molecular complexity index is 497. The molecule has 2 fully saturated rings. The monoisotopic (exact) mass is 320 g/mol. The van der Waals surface area contributed by atoms with Gasteiger partial charge in [0.2, 0.25) is 0 Å². The second kappa shape index (κ2) is 7.99. The molecule has 22 heavy (non-hydrogen) atoms. The van der Waals surface area contributed by atoms with Crippen LogP contribution >= 0.6 is 11.8 Å². The summed E-state index contributed by atoms with van der Waals surface area (Å²) in [7, 11) is 0. The van der Waals surface area contributed by atoms with Crippen LogP contribution in [-0.4, -0.2) is 37.0 Å². The van der Waals surface area contributed by atoms with Crippen LogP contribution in [0.5, 0.6) is 0 Å². The zero-order chi connectivity index (χ0) is 15.2. The highest BCUT2D eigenvalue weighted by atomic mass is 32.2. The summed E-state index contributed by atoms with van der Waals surface area (Å²) in [6, 6.07) is 8.17. The molecule has 1 unspecified atom stereocenters. The molecule has 2 aliphatic rings. The van der Waals surface area contributed by atoms with E-state index in [1.54, 1.807) is 0 Å². The minimum atomic E-state index is -0.384. The van der Waals surface area contributed by atoms with E-state index in [0.717, 1.165) is 23.2 Å². The van der Waals surface area contributed by atoms with E-state index < -0.39 is 0 Å². The van der Waals surface area contributed by atoms with Gasteiger partial charge in [-0.15, -0.1) is 0 Å². The minimum Gasteiger partial charge on any atom is -0.366 e. The van der Waals surface area contributed by atoms with Gasteiger partial charge in [0.05, 0.1) is 6.61 Å². The fraction of sp³-hybridized carbons (Fsp3) is 0.588. The van der Waals surface area contributed by atoms with E-state index in [-0.39, 0.29) is 12.0 Å². The Morgan fingerprint density at radius 1 is 1.36 bits per heavy atom. The molecule has 3 rings (SSSR count). The minimum absolute atomic E-state index is 0.0622. The maximum Gasteiger partial charge on any atom is 0.254 e. The Balaban J connectivity index is 1.52. The lowest BCUT2D eigenvalue weighted by molar-refractivity contribution is -0.128. The number of morpholine rings is 1. The number of hydrogen-bond donors (Lipinski definition) is 2. The van der Waals surface area contributed by atoms with Crippen LogP contribution in [0.1, 0.15) is 31.2 Å². The predicted molar refractivity (Wildman–Crippen MR) is 91.2 cm³/mol.